The molecule has 2 N–H and O–H groups in total. The molecule has 1 unspecified atom stereocenters. The lowest BCUT2D eigenvalue weighted by Gasteiger charge is -2.30. The normalized spacial score (nSPS) is 21.4. The molecular weight excluding hydrogens is 242 g/mol. The molecular formula is C14H17N3S. The van der Waals surface area contributed by atoms with Crippen LogP contribution in [0.5, 0.6) is 0 Å². The first-order valence-corrected chi connectivity index (χ1v) is 7.29. The summed E-state index contributed by atoms with van der Waals surface area (Å²) in [7, 11) is 0. The molecule has 1 saturated heterocycles. The Bertz CT molecular complexity index is 536. The molecule has 1 aromatic carbocycles. The van der Waals surface area contributed by atoms with Crippen molar-refractivity contribution in [2.45, 2.75) is 19.8 Å². The van der Waals surface area contributed by atoms with Crippen molar-refractivity contribution in [3.63, 3.8) is 0 Å². The summed E-state index contributed by atoms with van der Waals surface area (Å²) >= 11 is 1.61. The summed E-state index contributed by atoms with van der Waals surface area (Å²) < 4.78 is 0. The maximum Gasteiger partial charge on any atom is 0.165 e. The highest BCUT2D eigenvalue weighted by atomic mass is 32.2. The molecule has 4 heteroatoms. The molecule has 0 saturated carbocycles. The number of hydrogen-bond donors (Lipinski definition) is 2. The van der Waals surface area contributed by atoms with Crippen molar-refractivity contribution in [1.29, 1.82) is 5.41 Å². The van der Waals surface area contributed by atoms with Crippen LogP contribution in [0.4, 0.5) is 11.4 Å². The first-order chi connectivity index (χ1) is 8.70. The number of thioether (sulfide) groups is 1. The third kappa shape index (κ3) is 1.72. The zero-order valence-corrected chi connectivity index (χ0v) is 11.5. The SMILES string of the molecule is CCNc1ccc2c(c1)N1C(=N)SCC1=CC2C. The van der Waals surface area contributed by atoms with Crippen LogP contribution in [-0.2, 0) is 0 Å². The molecule has 2 heterocycles. The average Bonchev–Trinajstić information content (AvgIpc) is 2.71. The maximum absolute atomic E-state index is 8.07. The van der Waals surface area contributed by atoms with Gasteiger partial charge in [-0.25, -0.2) is 0 Å². The second-order valence-electron chi connectivity index (χ2n) is 4.68. The van der Waals surface area contributed by atoms with E-state index in [9.17, 15) is 0 Å². The Kier molecular flexibility index (Phi) is 2.82. The smallest absolute Gasteiger partial charge is 0.165 e. The van der Waals surface area contributed by atoms with E-state index in [1.807, 2.05) is 0 Å². The number of rotatable bonds is 2. The topological polar surface area (TPSA) is 39.1 Å². The molecule has 2 aliphatic rings. The number of amidine groups is 1. The van der Waals surface area contributed by atoms with E-state index in [1.54, 1.807) is 11.8 Å². The monoisotopic (exact) mass is 259 g/mol. The minimum absolute atomic E-state index is 0.438. The van der Waals surface area contributed by atoms with Crippen LogP contribution in [-0.4, -0.2) is 17.5 Å². The summed E-state index contributed by atoms with van der Waals surface area (Å²) in [6.45, 7) is 5.24. The Morgan fingerprint density at radius 1 is 1.50 bits per heavy atom. The molecule has 0 bridgehead atoms. The summed E-state index contributed by atoms with van der Waals surface area (Å²) in [6, 6.07) is 6.48. The Hall–Kier alpha value is -1.42. The number of fused-ring (bicyclic) bond motifs is 3. The van der Waals surface area contributed by atoms with E-state index >= 15 is 0 Å². The minimum Gasteiger partial charge on any atom is -0.385 e. The number of nitrogens with one attached hydrogen (secondary N) is 2. The molecule has 1 atom stereocenters. The molecule has 0 aromatic heterocycles. The molecule has 0 aliphatic carbocycles. The van der Waals surface area contributed by atoms with Gasteiger partial charge in [-0.2, -0.15) is 0 Å². The molecule has 0 amide bonds. The van der Waals surface area contributed by atoms with Crippen LogP contribution in [0.1, 0.15) is 25.3 Å². The zero-order chi connectivity index (χ0) is 12.7. The zero-order valence-electron chi connectivity index (χ0n) is 10.7. The largest absolute Gasteiger partial charge is 0.385 e. The van der Waals surface area contributed by atoms with E-state index in [-0.39, 0.29) is 0 Å². The van der Waals surface area contributed by atoms with Crippen LogP contribution >= 0.6 is 11.8 Å². The summed E-state index contributed by atoms with van der Waals surface area (Å²) in [5, 5.41) is 12.1. The van der Waals surface area contributed by atoms with Gasteiger partial charge < -0.3 is 5.32 Å². The van der Waals surface area contributed by atoms with Gasteiger partial charge in [0, 0.05) is 29.6 Å². The molecule has 3 nitrogen and oxygen atoms in total. The van der Waals surface area contributed by atoms with Gasteiger partial charge >= 0.3 is 0 Å². The lowest BCUT2D eigenvalue weighted by atomic mass is 9.93. The Morgan fingerprint density at radius 2 is 2.33 bits per heavy atom. The van der Waals surface area contributed by atoms with Crippen molar-refractivity contribution in [2.24, 2.45) is 0 Å². The highest BCUT2D eigenvalue weighted by molar-refractivity contribution is 8.14. The van der Waals surface area contributed by atoms with Crippen molar-refractivity contribution in [3.8, 4) is 0 Å². The van der Waals surface area contributed by atoms with Crippen LogP contribution in [0.25, 0.3) is 0 Å². The summed E-state index contributed by atoms with van der Waals surface area (Å²) in [4.78, 5) is 2.08. The van der Waals surface area contributed by atoms with Gasteiger partial charge in [-0.05, 0) is 24.6 Å². The van der Waals surface area contributed by atoms with Gasteiger partial charge in [0.1, 0.15) is 0 Å². The second kappa shape index (κ2) is 4.35. The number of allylic oxidation sites excluding steroid dienone is 1. The number of nitrogens with zero attached hydrogens (tertiary/aromatic N) is 1. The van der Waals surface area contributed by atoms with Gasteiger partial charge in [0.2, 0.25) is 0 Å². The second-order valence-corrected chi connectivity index (χ2v) is 5.64. The number of hydrogen-bond acceptors (Lipinski definition) is 3. The third-order valence-corrected chi connectivity index (χ3v) is 4.33. The lowest BCUT2D eigenvalue weighted by Crippen LogP contribution is -2.26. The fourth-order valence-electron chi connectivity index (χ4n) is 2.60. The van der Waals surface area contributed by atoms with E-state index in [4.69, 9.17) is 5.41 Å². The quantitative estimate of drug-likeness (QED) is 0.852. The molecule has 0 spiro atoms. The van der Waals surface area contributed by atoms with Crippen molar-refractivity contribution in [1.82, 2.24) is 0 Å². The number of anilines is 2. The Morgan fingerprint density at radius 3 is 3.11 bits per heavy atom. The summed E-state index contributed by atoms with van der Waals surface area (Å²) in [5.74, 6) is 1.36. The highest BCUT2D eigenvalue weighted by Gasteiger charge is 2.31. The van der Waals surface area contributed by atoms with Gasteiger partial charge in [0.05, 0.1) is 5.69 Å². The highest BCUT2D eigenvalue weighted by Crippen LogP contribution is 2.43. The van der Waals surface area contributed by atoms with Crippen molar-refractivity contribution >= 4 is 28.3 Å². The summed E-state index contributed by atoms with van der Waals surface area (Å²) in [5.41, 5.74) is 4.88. The maximum atomic E-state index is 8.07. The predicted molar refractivity (Wildman–Crippen MR) is 79.8 cm³/mol. The van der Waals surface area contributed by atoms with Gasteiger partial charge in [0.15, 0.2) is 5.17 Å². The van der Waals surface area contributed by atoms with Crippen molar-refractivity contribution < 1.29 is 0 Å². The van der Waals surface area contributed by atoms with Crippen LogP contribution < -0.4 is 10.2 Å². The fourth-order valence-corrected chi connectivity index (χ4v) is 3.46. The molecule has 18 heavy (non-hydrogen) atoms. The van der Waals surface area contributed by atoms with Crippen LogP contribution in [0.15, 0.2) is 30.0 Å². The minimum atomic E-state index is 0.438. The lowest BCUT2D eigenvalue weighted by molar-refractivity contribution is 0.915. The molecule has 1 fully saturated rings. The van der Waals surface area contributed by atoms with Crippen molar-refractivity contribution in [3.05, 3.63) is 35.5 Å². The first kappa shape index (κ1) is 11.7. The van der Waals surface area contributed by atoms with Gasteiger partial charge in [-0.15, -0.1) is 0 Å². The average molecular weight is 259 g/mol. The molecule has 1 aromatic rings. The van der Waals surface area contributed by atoms with E-state index in [0.29, 0.717) is 11.1 Å². The fraction of sp³-hybridized carbons (Fsp3) is 0.357. The van der Waals surface area contributed by atoms with Crippen LogP contribution in [0.3, 0.4) is 0 Å². The van der Waals surface area contributed by atoms with E-state index in [2.05, 4.69) is 48.3 Å². The third-order valence-electron chi connectivity index (χ3n) is 3.43. The number of benzene rings is 1. The first-order valence-electron chi connectivity index (χ1n) is 6.30. The van der Waals surface area contributed by atoms with Crippen LogP contribution in [0, 0.1) is 5.41 Å². The van der Waals surface area contributed by atoms with Crippen molar-refractivity contribution in [2.75, 3.05) is 22.5 Å². The molecule has 2 aliphatic heterocycles. The van der Waals surface area contributed by atoms with E-state index in [0.717, 1.165) is 18.0 Å². The standard InChI is InChI=1S/C14H17N3S/c1-3-16-10-4-5-12-9(2)6-11-8-18-14(15)17(11)13(12)7-10/h4-7,9,15-16H,3,8H2,1-2H3. The van der Waals surface area contributed by atoms with Gasteiger partial charge in [0.25, 0.3) is 0 Å². The van der Waals surface area contributed by atoms with Gasteiger partial charge in [-0.1, -0.05) is 30.8 Å². The van der Waals surface area contributed by atoms with E-state index in [1.165, 1.54) is 16.9 Å². The molecule has 3 rings (SSSR count). The molecule has 0 radical (unpaired) electrons. The Labute approximate surface area is 112 Å². The van der Waals surface area contributed by atoms with E-state index < -0.39 is 0 Å². The molecule has 94 valence electrons. The predicted octanol–water partition coefficient (Wildman–Crippen LogP) is 3.61. The Balaban J connectivity index is 2.09. The van der Waals surface area contributed by atoms with Crippen LogP contribution in [0.2, 0.25) is 0 Å². The van der Waals surface area contributed by atoms with Gasteiger partial charge in [-0.3, -0.25) is 10.3 Å². The summed E-state index contributed by atoms with van der Waals surface area (Å²) in [6.07, 6.45) is 2.28.